The Balaban J connectivity index is 2.16. The van der Waals surface area contributed by atoms with Crippen molar-refractivity contribution in [1.29, 1.82) is 0 Å². The van der Waals surface area contributed by atoms with Crippen molar-refractivity contribution in [1.82, 2.24) is 20.2 Å². The van der Waals surface area contributed by atoms with Gasteiger partial charge in [0.1, 0.15) is 12.1 Å². The summed E-state index contributed by atoms with van der Waals surface area (Å²) in [5.41, 5.74) is 6.36. The van der Waals surface area contributed by atoms with Crippen molar-refractivity contribution in [3.63, 3.8) is 0 Å². The molecule has 1 unspecified atom stereocenters. The van der Waals surface area contributed by atoms with Crippen LogP contribution in [-0.4, -0.2) is 32.2 Å². The summed E-state index contributed by atoms with van der Waals surface area (Å²) in [6, 6.07) is 3.52. The Morgan fingerprint density at radius 1 is 1.48 bits per heavy atom. The lowest BCUT2D eigenvalue weighted by atomic mass is 10.0. The maximum atomic E-state index is 13.8. The maximum absolute atomic E-state index is 13.8. The predicted molar refractivity (Wildman–Crippen MR) is 75.2 cm³/mol. The number of amides is 1. The second-order valence-corrected chi connectivity index (χ2v) is 5.14. The average Bonchev–Trinajstić information content (AvgIpc) is 2.94. The minimum atomic E-state index is -0.680. The van der Waals surface area contributed by atoms with Crippen molar-refractivity contribution in [2.24, 2.45) is 11.7 Å². The van der Waals surface area contributed by atoms with E-state index in [-0.39, 0.29) is 11.6 Å². The van der Waals surface area contributed by atoms with E-state index < -0.39 is 17.8 Å². The van der Waals surface area contributed by atoms with Crippen molar-refractivity contribution in [3.8, 4) is 5.69 Å². The van der Waals surface area contributed by atoms with Crippen LogP contribution in [0.1, 0.15) is 20.3 Å². The highest BCUT2D eigenvalue weighted by atomic mass is 19.1. The fraction of sp³-hybridized carbons (Fsp3) is 0.385. The molecule has 21 heavy (non-hydrogen) atoms. The zero-order valence-corrected chi connectivity index (χ0v) is 11.8. The molecule has 0 saturated carbocycles. The van der Waals surface area contributed by atoms with Crippen LogP contribution in [0.25, 0.3) is 5.69 Å². The zero-order chi connectivity index (χ0) is 15.4. The van der Waals surface area contributed by atoms with Gasteiger partial charge in [-0.05, 0) is 41.0 Å². The molecule has 0 radical (unpaired) electrons. The fourth-order valence-corrected chi connectivity index (χ4v) is 1.87. The van der Waals surface area contributed by atoms with Crippen LogP contribution in [-0.2, 0) is 4.79 Å². The second kappa shape index (κ2) is 6.40. The van der Waals surface area contributed by atoms with E-state index in [0.29, 0.717) is 12.1 Å². The molecule has 0 aliphatic heterocycles. The van der Waals surface area contributed by atoms with E-state index in [4.69, 9.17) is 5.73 Å². The molecule has 1 aromatic carbocycles. The first-order valence-corrected chi connectivity index (χ1v) is 6.56. The molecule has 1 atom stereocenters. The average molecular weight is 292 g/mol. The topological polar surface area (TPSA) is 98.7 Å². The van der Waals surface area contributed by atoms with Crippen LogP contribution >= 0.6 is 0 Å². The Hall–Kier alpha value is -2.35. The number of aromatic nitrogens is 4. The molecular formula is C13H17FN6O. The third-order valence-electron chi connectivity index (χ3n) is 2.88. The van der Waals surface area contributed by atoms with E-state index in [2.05, 4.69) is 20.8 Å². The van der Waals surface area contributed by atoms with Crippen LogP contribution in [0.15, 0.2) is 24.5 Å². The first kappa shape index (κ1) is 15.0. The number of benzene rings is 1. The molecule has 0 spiro atoms. The number of carbonyl (C=O) groups is 1. The summed E-state index contributed by atoms with van der Waals surface area (Å²) in [6.45, 7) is 3.93. The van der Waals surface area contributed by atoms with E-state index in [1.165, 1.54) is 29.2 Å². The van der Waals surface area contributed by atoms with Gasteiger partial charge >= 0.3 is 0 Å². The van der Waals surface area contributed by atoms with Crippen LogP contribution in [0.3, 0.4) is 0 Å². The molecule has 1 heterocycles. The highest BCUT2D eigenvalue weighted by Crippen LogP contribution is 2.18. The van der Waals surface area contributed by atoms with Gasteiger partial charge in [-0.15, -0.1) is 5.10 Å². The van der Waals surface area contributed by atoms with E-state index in [9.17, 15) is 9.18 Å². The van der Waals surface area contributed by atoms with Crippen LogP contribution in [0.5, 0.6) is 0 Å². The van der Waals surface area contributed by atoms with Crippen molar-refractivity contribution in [2.45, 2.75) is 26.3 Å². The molecule has 2 rings (SSSR count). The monoisotopic (exact) mass is 292 g/mol. The van der Waals surface area contributed by atoms with Gasteiger partial charge in [0.05, 0.1) is 17.4 Å². The lowest BCUT2D eigenvalue weighted by Gasteiger charge is -2.15. The Morgan fingerprint density at radius 2 is 2.24 bits per heavy atom. The first-order valence-electron chi connectivity index (χ1n) is 6.56. The molecule has 8 heteroatoms. The second-order valence-electron chi connectivity index (χ2n) is 5.14. The number of halogens is 1. The van der Waals surface area contributed by atoms with Gasteiger partial charge in [0.15, 0.2) is 0 Å². The van der Waals surface area contributed by atoms with Gasteiger partial charge in [-0.2, -0.15) is 0 Å². The molecule has 3 N–H and O–H groups in total. The largest absolute Gasteiger partial charge is 0.322 e. The van der Waals surface area contributed by atoms with Crippen LogP contribution < -0.4 is 11.1 Å². The number of rotatable bonds is 5. The van der Waals surface area contributed by atoms with Crippen molar-refractivity contribution in [3.05, 3.63) is 30.3 Å². The molecule has 2 aromatic rings. The van der Waals surface area contributed by atoms with Crippen molar-refractivity contribution in [2.75, 3.05) is 5.32 Å². The van der Waals surface area contributed by atoms with Gasteiger partial charge in [0, 0.05) is 0 Å². The molecule has 1 aromatic heterocycles. The summed E-state index contributed by atoms with van der Waals surface area (Å²) < 4.78 is 15.1. The van der Waals surface area contributed by atoms with Crippen molar-refractivity contribution < 1.29 is 9.18 Å². The summed E-state index contributed by atoms with van der Waals surface area (Å²) in [5.74, 6) is -0.684. The molecule has 7 nitrogen and oxygen atoms in total. The summed E-state index contributed by atoms with van der Waals surface area (Å²) in [7, 11) is 0. The lowest BCUT2D eigenvalue weighted by molar-refractivity contribution is -0.117. The molecule has 0 bridgehead atoms. The summed E-state index contributed by atoms with van der Waals surface area (Å²) >= 11 is 0. The Labute approximate surface area is 121 Å². The van der Waals surface area contributed by atoms with Crippen LogP contribution in [0.4, 0.5) is 10.1 Å². The van der Waals surface area contributed by atoms with E-state index >= 15 is 0 Å². The SMILES string of the molecule is CC(C)CC(N)C(=O)Nc1cc(-n2cnnn2)ccc1F. The molecule has 0 saturated heterocycles. The van der Waals surface area contributed by atoms with Crippen LogP contribution in [0, 0.1) is 11.7 Å². The highest BCUT2D eigenvalue weighted by Gasteiger charge is 2.17. The van der Waals surface area contributed by atoms with E-state index in [1.54, 1.807) is 0 Å². The molecule has 0 aliphatic rings. The van der Waals surface area contributed by atoms with Gasteiger partial charge in [0.2, 0.25) is 5.91 Å². The normalized spacial score (nSPS) is 12.4. The maximum Gasteiger partial charge on any atom is 0.241 e. The van der Waals surface area contributed by atoms with Gasteiger partial charge in [-0.25, -0.2) is 9.07 Å². The van der Waals surface area contributed by atoms with Gasteiger partial charge in [-0.3, -0.25) is 4.79 Å². The fourth-order valence-electron chi connectivity index (χ4n) is 1.87. The van der Waals surface area contributed by atoms with Gasteiger partial charge in [-0.1, -0.05) is 13.8 Å². The standard InChI is InChI=1S/C13H17FN6O/c1-8(2)5-11(15)13(21)17-12-6-9(3-4-10(12)14)20-7-16-18-19-20/h3-4,6-8,11H,5,15H2,1-2H3,(H,17,21). The molecule has 0 fully saturated rings. The number of nitrogens with one attached hydrogen (secondary N) is 1. The lowest BCUT2D eigenvalue weighted by Crippen LogP contribution is -2.36. The number of tetrazole rings is 1. The third-order valence-corrected chi connectivity index (χ3v) is 2.88. The first-order chi connectivity index (χ1) is 9.97. The van der Waals surface area contributed by atoms with Gasteiger partial charge < -0.3 is 11.1 Å². The Kier molecular flexibility index (Phi) is 4.59. The Bertz CT molecular complexity index is 613. The quantitative estimate of drug-likeness (QED) is 0.860. The van der Waals surface area contributed by atoms with Crippen LogP contribution in [0.2, 0.25) is 0 Å². The summed E-state index contributed by atoms with van der Waals surface area (Å²) in [6.07, 6.45) is 1.91. The summed E-state index contributed by atoms with van der Waals surface area (Å²) in [5, 5.41) is 13.2. The van der Waals surface area contributed by atoms with E-state index in [0.717, 1.165) is 0 Å². The molecule has 1 amide bonds. The number of nitrogens with two attached hydrogens (primary N) is 1. The minimum Gasteiger partial charge on any atom is -0.322 e. The smallest absolute Gasteiger partial charge is 0.241 e. The zero-order valence-electron chi connectivity index (χ0n) is 11.8. The highest BCUT2D eigenvalue weighted by molar-refractivity contribution is 5.95. The number of hydrogen-bond acceptors (Lipinski definition) is 5. The number of hydrogen-bond donors (Lipinski definition) is 2. The number of carbonyl (C=O) groups excluding carboxylic acids is 1. The Morgan fingerprint density at radius 3 is 2.86 bits per heavy atom. The van der Waals surface area contributed by atoms with E-state index in [1.807, 2.05) is 13.8 Å². The number of nitrogens with zero attached hydrogens (tertiary/aromatic N) is 4. The third kappa shape index (κ3) is 3.82. The minimum absolute atomic E-state index is 0.0483. The van der Waals surface area contributed by atoms with Gasteiger partial charge in [0.25, 0.3) is 0 Å². The molecular weight excluding hydrogens is 275 g/mol. The van der Waals surface area contributed by atoms with Crippen molar-refractivity contribution >= 4 is 11.6 Å². The summed E-state index contributed by atoms with van der Waals surface area (Å²) in [4.78, 5) is 11.9. The molecule has 112 valence electrons. The molecule has 0 aliphatic carbocycles. The number of anilines is 1. The predicted octanol–water partition coefficient (Wildman–Crippen LogP) is 1.11.